The van der Waals surface area contributed by atoms with Crippen LogP contribution >= 0.6 is 11.6 Å². The summed E-state index contributed by atoms with van der Waals surface area (Å²) in [5.41, 5.74) is 0.314. The van der Waals surface area contributed by atoms with Crippen LogP contribution in [0.5, 0.6) is 5.75 Å². The molecule has 2 aromatic rings. The van der Waals surface area contributed by atoms with Crippen LogP contribution in [0.3, 0.4) is 0 Å². The quantitative estimate of drug-likeness (QED) is 0.510. The molecule has 8 heteroatoms. The SMILES string of the molecule is C[C@H](NC(=O)C1(NCCOc2ccc(Cl)cc2)CCOCC1)c1ccc(C(=O)O)cc1. The van der Waals surface area contributed by atoms with Crippen LogP contribution in [0.1, 0.15) is 41.7 Å². The number of rotatable bonds is 9. The van der Waals surface area contributed by atoms with Gasteiger partial charge >= 0.3 is 5.97 Å². The van der Waals surface area contributed by atoms with Gasteiger partial charge in [0, 0.05) is 24.8 Å². The Morgan fingerprint density at radius 2 is 1.77 bits per heavy atom. The van der Waals surface area contributed by atoms with Crippen molar-refractivity contribution in [1.82, 2.24) is 10.6 Å². The average molecular weight is 447 g/mol. The molecule has 2 aromatic carbocycles. The zero-order valence-electron chi connectivity index (χ0n) is 17.4. The fraction of sp³-hybridized carbons (Fsp3) is 0.391. The predicted octanol–water partition coefficient (Wildman–Crippen LogP) is 3.43. The lowest BCUT2D eigenvalue weighted by atomic mass is 9.88. The van der Waals surface area contributed by atoms with Crippen LogP contribution in [0.4, 0.5) is 0 Å². The van der Waals surface area contributed by atoms with E-state index in [1.54, 1.807) is 36.4 Å². The van der Waals surface area contributed by atoms with Gasteiger partial charge in [0.05, 0.1) is 11.6 Å². The minimum absolute atomic E-state index is 0.0999. The summed E-state index contributed by atoms with van der Waals surface area (Å²) in [7, 11) is 0. The Morgan fingerprint density at radius 3 is 2.39 bits per heavy atom. The molecule has 0 saturated carbocycles. The number of carbonyl (C=O) groups excluding carboxylic acids is 1. The van der Waals surface area contributed by atoms with Crippen LogP contribution in [-0.4, -0.2) is 48.9 Å². The number of carboxylic acids is 1. The van der Waals surface area contributed by atoms with Crippen molar-refractivity contribution in [1.29, 1.82) is 0 Å². The number of ether oxygens (including phenoxy) is 2. The maximum atomic E-state index is 13.2. The smallest absolute Gasteiger partial charge is 0.335 e. The van der Waals surface area contributed by atoms with Crippen molar-refractivity contribution < 1.29 is 24.2 Å². The highest BCUT2D eigenvalue weighted by Gasteiger charge is 2.40. The zero-order valence-corrected chi connectivity index (χ0v) is 18.2. The van der Waals surface area contributed by atoms with Crippen molar-refractivity contribution in [2.45, 2.75) is 31.3 Å². The topological polar surface area (TPSA) is 96.9 Å². The third-order valence-electron chi connectivity index (χ3n) is 5.43. The Balaban J connectivity index is 1.58. The highest BCUT2D eigenvalue weighted by molar-refractivity contribution is 6.30. The van der Waals surface area contributed by atoms with Crippen molar-refractivity contribution in [3.8, 4) is 5.75 Å². The van der Waals surface area contributed by atoms with E-state index in [0.29, 0.717) is 44.2 Å². The zero-order chi connectivity index (χ0) is 22.3. The Hall–Kier alpha value is -2.61. The number of aromatic carboxylic acids is 1. The summed E-state index contributed by atoms with van der Waals surface area (Å²) in [6.07, 6.45) is 1.12. The molecule has 3 N–H and O–H groups in total. The van der Waals surface area contributed by atoms with E-state index in [1.165, 1.54) is 12.1 Å². The predicted molar refractivity (Wildman–Crippen MR) is 118 cm³/mol. The summed E-state index contributed by atoms with van der Waals surface area (Å²) in [4.78, 5) is 24.2. The van der Waals surface area contributed by atoms with Gasteiger partial charge < -0.3 is 19.9 Å². The Labute approximate surface area is 186 Å². The second kappa shape index (κ2) is 10.6. The largest absolute Gasteiger partial charge is 0.492 e. The molecule has 0 bridgehead atoms. The molecule has 1 heterocycles. The number of nitrogens with one attached hydrogen (secondary N) is 2. The molecule has 1 saturated heterocycles. The molecule has 0 aromatic heterocycles. The Kier molecular flexibility index (Phi) is 7.90. The van der Waals surface area contributed by atoms with E-state index in [2.05, 4.69) is 10.6 Å². The number of halogens is 1. The molecule has 0 spiro atoms. The van der Waals surface area contributed by atoms with E-state index in [9.17, 15) is 9.59 Å². The van der Waals surface area contributed by atoms with Gasteiger partial charge in [-0.15, -0.1) is 0 Å². The highest BCUT2D eigenvalue weighted by Crippen LogP contribution is 2.23. The van der Waals surface area contributed by atoms with Crippen molar-refractivity contribution in [3.63, 3.8) is 0 Å². The summed E-state index contributed by atoms with van der Waals surface area (Å²) in [5, 5.41) is 16.1. The van der Waals surface area contributed by atoms with Crippen LogP contribution in [0, 0.1) is 0 Å². The van der Waals surface area contributed by atoms with Gasteiger partial charge in [-0.3, -0.25) is 10.1 Å². The molecule has 166 valence electrons. The fourth-order valence-electron chi connectivity index (χ4n) is 3.53. The number of carboxylic acid groups (broad SMARTS) is 1. The number of amides is 1. The molecule has 1 amide bonds. The van der Waals surface area contributed by atoms with Gasteiger partial charge in [-0.05, 0) is 61.7 Å². The van der Waals surface area contributed by atoms with Crippen LogP contribution in [0.25, 0.3) is 0 Å². The van der Waals surface area contributed by atoms with E-state index in [0.717, 1.165) is 11.3 Å². The third-order valence-corrected chi connectivity index (χ3v) is 5.69. The van der Waals surface area contributed by atoms with E-state index < -0.39 is 11.5 Å². The number of carbonyl (C=O) groups is 2. The average Bonchev–Trinajstić information content (AvgIpc) is 2.78. The second-order valence-electron chi connectivity index (χ2n) is 7.55. The van der Waals surface area contributed by atoms with Gasteiger partial charge in [-0.2, -0.15) is 0 Å². The monoisotopic (exact) mass is 446 g/mol. The summed E-state index contributed by atoms with van der Waals surface area (Å²) >= 11 is 5.88. The molecule has 0 unspecified atom stereocenters. The van der Waals surface area contributed by atoms with E-state index in [4.69, 9.17) is 26.2 Å². The van der Waals surface area contributed by atoms with E-state index in [1.807, 2.05) is 6.92 Å². The second-order valence-corrected chi connectivity index (χ2v) is 7.98. The van der Waals surface area contributed by atoms with Crippen molar-refractivity contribution in [2.75, 3.05) is 26.4 Å². The van der Waals surface area contributed by atoms with Crippen molar-refractivity contribution >= 4 is 23.5 Å². The van der Waals surface area contributed by atoms with Gasteiger partial charge in [-0.1, -0.05) is 23.7 Å². The van der Waals surface area contributed by atoms with Gasteiger partial charge in [-0.25, -0.2) is 4.79 Å². The molecule has 1 atom stereocenters. The van der Waals surface area contributed by atoms with E-state index in [-0.39, 0.29) is 17.5 Å². The molecule has 1 aliphatic heterocycles. The van der Waals surface area contributed by atoms with Crippen LogP contribution in [0.2, 0.25) is 5.02 Å². The normalized spacial score (nSPS) is 16.3. The molecule has 1 fully saturated rings. The standard InChI is InChI=1S/C23H27ClN2O5/c1-16(17-2-4-18(5-3-17)21(27)28)26-22(29)23(10-13-30-14-11-23)25-12-15-31-20-8-6-19(24)7-9-20/h2-9,16,25H,10-15H2,1H3,(H,26,29)(H,27,28)/t16-/m0/s1. The fourth-order valence-corrected chi connectivity index (χ4v) is 3.65. The van der Waals surface area contributed by atoms with Gasteiger partial charge in [0.25, 0.3) is 0 Å². The minimum atomic E-state index is -0.977. The number of hydrogen-bond donors (Lipinski definition) is 3. The number of hydrogen-bond acceptors (Lipinski definition) is 5. The molecule has 1 aliphatic rings. The molecule has 7 nitrogen and oxygen atoms in total. The summed E-state index contributed by atoms with van der Waals surface area (Å²) in [5.74, 6) is -0.360. The molecule has 0 radical (unpaired) electrons. The maximum absolute atomic E-state index is 13.2. The first-order chi connectivity index (χ1) is 14.9. The summed E-state index contributed by atoms with van der Waals surface area (Å²) in [6, 6.07) is 13.4. The molecular weight excluding hydrogens is 420 g/mol. The lowest BCUT2D eigenvalue weighted by Gasteiger charge is -2.37. The molecule has 0 aliphatic carbocycles. The Morgan fingerprint density at radius 1 is 1.13 bits per heavy atom. The highest BCUT2D eigenvalue weighted by atomic mass is 35.5. The van der Waals surface area contributed by atoms with Gasteiger partial charge in [0.1, 0.15) is 17.9 Å². The summed E-state index contributed by atoms with van der Waals surface area (Å²) < 4.78 is 11.2. The van der Waals surface area contributed by atoms with Crippen molar-refractivity contribution in [3.05, 3.63) is 64.7 Å². The van der Waals surface area contributed by atoms with Crippen molar-refractivity contribution in [2.24, 2.45) is 0 Å². The van der Waals surface area contributed by atoms with E-state index >= 15 is 0 Å². The van der Waals surface area contributed by atoms with Crippen LogP contribution < -0.4 is 15.4 Å². The first-order valence-corrected chi connectivity index (χ1v) is 10.6. The number of benzene rings is 2. The third kappa shape index (κ3) is 6.19. The molecule has 3 rings (SSSR count). The first-order valence-electron chi connectivity index (χ1n) is 10.2. The lowest BCUT2D eigenvalue weighted by Crippen LogP contribution is -2.60. The van der Waals surface area contributed by atoms with Gasteiger partial charge in [0.15, 0.2) is 0 Å². The Bertz CT molecular complexity index is 880. The molecular formula is C23H27ClN2O5. The molecule has 31 heavy (non-hydrogen) atoms. The lowest BCUT2D eigenvalue weighted by molar-refractivity contribution is -0.132. The van der Waals surface area contributed by atoms with Gasteiger partial charge in [0.2, 0.25) is 5.91 Å². The minimum Gasteiger partial charge on any atom is -0.492 e. The van der Waals surface area contributed by atoms with Crippen LogP contribution in [-0.2, 0) is 9.53 Å². The summed E-state index contributed by atoms with van der Waals surface area (Å²) in [6.45, 7) is 3.78. The maximum Gasteiger partial charge on any atom is 0.335 e. The first kappa shape index (κ1) is 23.1. The van der Waals surface area contributed by atoms with Crippen LogP contribution in [0.15, 0.2) is 48.5 Å².